The number of hydrogen-bond donors (Lipinski definition) is 2. The predicted octanol–water partition coefficient (Wildman–Crippen LogP) is 1.08. The largest absolute Gasteiger partial charge is 0.492 e. The second-order valence-corrected chi connectivity index (χ2v) is 4.05. The number of aromatic hydroxyl groups is 1. The molecule has 0 aliphatic rings. The van der Waals surface area contributed by atoms with Crippen molar-refractivity contribution in [3.8, 4) is 5.88 Å². The Bertz CT molecular complexity index is 691. The highest BCUT2D eigenvalue weighted by Crippen LogP contribution is 2.13. The summed E-state index contributed by atoms with van der Waals surface area (Å²) in [6.45, 7) is -0.0739. The molecule has 0 spiro atoms. The summed E-state index contributed by atoms with van der Waals surface area (Å²) in [7, 11) is 0. The van der Waals surface area contributed by atoms with Crippen LogP contribution in [0.1, 0.15) is 5.56 Å². The number of hydrogen-bond acceptors (Lipinski definition) is 3. The summed E-state index contributed by atoms with van der Waals surface area (Å²) in [6, 6.07) is 6.44. The molecular weight excluding hydrogens is 263 g/mol. The molecule has 0 saturated carbocycles. The van der Waals surface area contributed by atoms with E-state index in [1.165, 1.54) is 0 Å². The molecule has 0 saturated heterocycles. The van der Waals surface area contributed by atoms with E-state index < -0.39 is 22.9 Å². The number of benzene rings is 1. The summed E-state index contributed by atoms with van der Waals surface area (Å²) in [6.07, 6.45) is 0. The van der Waals surface area contributed by atoms with Gasteiger partial charge in [0.2, 0.25) is 11.7 Å². The van der Waals surface area contributed by atoms with Crippen LogP contribution in [0.2, 0.25) is 5.02 Å². The second kappa shape index (κ2) is 4.66. The zero-order valence-corrected chi connectivity index (χ0v) is 9.74. The van der Waals surface area contributed by atoms with Crippen molar-refractivity contribution in [2.24, 2.45) is 0 Å². The Morgan fingerprint density at radius 3 is 2.50 bits per heavy atom. The van der Waals surface area contributed by atoms with Gasteiger partial charge in [0.25, 0.3) is 5.56 Å². The first-order valence-electron chi connectivity index (χ1n) is 4.95. The lowest BCUT2D eigenvalue weighted by molar-refractivity contribution is 0.367. The van der Waals surface area contributed by atoms with Crippen LogP contribution in [0.4, 0.5) is 4.39 Å². The lowest BCUT2D eigenvalue weighted by Crippen LogP contribution is -2.32. The Kier molecular flexibility index (Phi) is 3.20. The van der Waals surface area contributed by atoms with Gasteiger partial charge in [0.05, 0.1) is 6.54 Å². The number of H-pyrrole nitrogens is 1. The van der Waals surface area contributed by atoms with Gasteiger partial charge in [-0.25, -0.2) is 4.79 Å². The molecule has 1 heterocycles. The molecule has 0 aliphatic carbocycles. The van der Waals surface area contributed by atoms with Gasteiger partial charge >= 0.3 is 5.69 Å². The van der Waals surface area contributed by atoms with Gasteiger partial charge in [0.1, 0.15) is 0 Å². The minimum Gasteiger partial charge on any atom is -0.492 e. The number of halogens is 2. The number of nitrogens with one attached hydrogen (secondary N) is 1. The van der Waals surface area contributed by atoms with Crippen LogP contribution >= 0.6 is 11.6 Å². The minimum atomic E-state index is -1.39. The molecule has 0 amide bonds. The van der Waals surface area contributed by atoms with E-state index in [-0.39, 0.29) is 6.54 Å². The van der Waals surface area contributed by atoms with Gasteiger partial charge in [0, 0.05) is 5.02 Å². The SMILES string of the molecule is O=c1[nH]c(=O)n(Cc2ccc(Cl)cc2)c(O)c1F. The second-order valence-electron chi connectivity index (χ2n) is 3.61. The Hall–Kier alpha value is -2.08. The third-order valence-corrected chi connectivity index (χ3v) is 2.62. The quantitative estimate of drug-likeness (QED) is 0.857. The fraction of sp³-hybridized carbons (Fsp3) is 0.0909. The maximum absolute atomic E-state index is 13.2. The maximum Gasteiger partial charge on any atom is 0.331 e. The van der Waals surface area contributed by atoms with Crippen molar-refractivity contribution in [2.45, 2.75) is 6.54 Å². The summed E-state index contributed by atoms with van der Waals surface area (Å²) >= 11 is 5.70. The fourth-order valence-electron chi connectivity index (χ4n) is 1.45. The molecular formula is C11H8ClFN2O3. The highest BCUT2D eigenvalue weighted by atomic mass is 35.5. The van der Waals surface area contributed by atoms with Crippen molar-refractivity contribution < 1.29 is 9.50 Å². The molecule has 0 radical (unpaired) electrons. The third kappa shape index (κ3) is 2.28. The lowest BCUT2D eigenvalue weighted by atomic mass is 10.2. The average molecular weight is 271 g/mol. The van der Waals surface area contributed by atoms with Crippen molar-refractivity contribution in [1.29, 1.82) is 0 Å². The van der Waals surface area contributed by atoms with Crippen LogP contribution in [0, 0.1) is 5.82 Å². The van der Waals surface area contributed by atoms with Gasteiger partial charge in [-0.1, -0.05) is 23.7 Å². The molecule has 0 bridgehead atoms. The van der Waals surface area contributed by atoms with Crippen molar-refractivity contribution in [2.75, 3.05) is 0 Å². The topological polar surface area (TPSA) is 75.1 Å². The Labute approximate surface area is 105 Å². The molecule has 1 aromatic heterocycles. The zero-order valence-electron chi connectivity index (χ0n) is 8.98. The first-order chi connectivity index (χ1) is 8.49. The standard InChI is InChI=1S/C11H8ClFN2O3/c12-7-3-1-6(2-4-7)5-15-10(17)8(13)9(16)14-11(15)18/h1-4,17H,5H2,(H,14,16,18). The van der Waals surface area contributed by atoms with Crippen molar-refractivity contribution >= 4 is 11.6 Å². The van der Waals surface area contributed by atoms with Crippen LogP contribution in [-0.2, 0) is 6.54 Å². The summed E-state index contributed by atoms with van der Waals surface area (Å²) in [5.41, 5.74) is -1.50. The smallest absolute Gasteiger partial charge is 0.331 e. The van der Waals surface area contributed by atoms with Crippen LogP contribution in [0.25, 0.3) is 0 Å². The lowest BCUT2D eigenvalue weighted by Gasteiger charge is -2.08. The highest BCUT2D eigenvalue weighted by Gasteiger charge is 2.13. The number of aromatic nitrogens is 2. The van der Waals surface area contributed by atoms with E-state index >= 15 is 0 Å². The van der Waals surface area contributed by atoms with Crippen molar-refractivity contribution in [3.63, 3.8) is 0 Å². The van der Waals surface area contributed by atoms with E-state index in [1.807, 2.05) is 0 Å². The van der Waals surface area contributed by atoms with Gasteiger partial charge in [-0.15, -0.1) is 0 Å². The number of rotatable bonds is 2. The molecule has 0 atom stereocenters. The van der Waals surface area contributed by atoms with E-state index in [1.54, 1.807) is 29.2 Å². The van der Waals surface area contributed by atoms with Gasteiger partial charge in [0.15, 0.2) is 0 Å². The molecule has 2 rings (SSSR count). The third-order valence-electron chi connectivity index (χ3n) is 2.37. The van der Waals surface area contributed by atoms with Gasteiger partial charge in [-0.2, -0.15) is 4.39 Å². The Morgan fingerprint density at radius 1 is 1.28 bits per heavy atom. The van der Waals surface area contributed by atoms with Crippen LogP contribution in [0.5, 0.6) is 5.88 Å². The van der Waals surface area contributed by atoms with Crippen LogP contribution in [-0.4, -0.2) is 14.7 Å². The molecule has 1 aromatic carbocycles. The van der Waals surface area contributed by atoms with E-state index in [0.29, 0.717) is 10.6 Å². The number of nitrogens with zero attached hydrogens (tertiary/aromatic N) is 1. The highest BCUT2D eigenvalue weighted by molar-refractivity contribution is 6.30. The zero-order chi connectivity index (χ0) is 13.3. The Morgan fingerprint density at radius 2 is 1.89 bits per heavy atom. The average Bonchev–Trinajstić information content (AvgIpc) is 2.34. The first-order valence-corrected chi connectivity index (χ1v) is 5.33. The normalized spacial score (nSPS) is 10.6. The molecule has 0 unspecified atom stereocenters. The first kappa shape index (κ1) is 12.4. The van der Waals surface area contributed by atoms with E-state index in [4.69, 9.17) is 11.6 Å². The summed E-state index contributed by atoms with van der Waals surface area (Å²) in [4.78, 5) is 24.1. The van der Waals surface area contributed by atoms with Gasteiger partial charge in [-0.05, 0) is 17.7 Å². The molecule has 0 fully saturated rings. The fourth-order valence-corrected chi connectivity index (χ4v) is 1.58. The molecule has 94 valence electrons. The number of aromatic amines is 1. The summed E-state index contributed by atoms with van der Waals surface area (Å²) < 4.78 is 13.9. The molecule has 18 heavy (non-hydrogen) atoms. The molecule has 2 N–H and O–H groups in total. The maximum atomic E-state index is 13.2. The van der Waals surface area contributed by atoms with E-state index in [2.05, 4.69) is 0 Å². The van der Waals surface area contributed by atoms with Crippen LogP contribution in [0.3, 0.4) is 0 Å². The Balaban J connectivity index is 2.47. The molecule has 0 aliphatic heterocycles. The van der Waals surface area contributed by atoms with Gasteiger partial charge in [-0.3, -0.25) is 14.3 Å². The van der Waals surface area contributed by atoms with Crippen molar-refractivity contribution in [1.82, 2.24) is 9.55 Å². The van der Waals surface area contributed by atoms with E-state index in [9.17, 15) is 19.1 Å². The summed E-state index contributed by atoms with van der Waals surface area (Å²) in [5.74, 6) is -2.37. The summed E-state index contributed by atoms with van der Waals surface area (Å²) in [5, 5.41) is 9.93. The molecule has 2 aromatic rings. The van der Waals surface area contributed by atoms with E-state index in [0.717, 1.165) is 4.57 Å². The van der Waals surface area contributed by atoms with Gasteiger partial charge < -0.3 is 5.11 Å². The van der Waals surface area contributed by atoms with Crippen LogP contribution in [0.15, 0.2) is 33.9 Å². The monoisotopic (exact) mass is 270 g/mol. The molecule has 7 heteroatoms. The molecule has 5 nitrogen and oxygen atoms in total. The van der Waals surface area contributed by atoms with Crippen LogP contribution < -0.4 is 11.2 Å². The van der Waals surface area contributed by atoms with Crippen molar-refractivity contribution in [3.05, 3.63) is 61.5 Å². The predicted molar refractivity (Wildman–Crippen MR) is 63.5 cm³/mol. The minimum absolute atomic E-state index is 0.0739.